The highest BCUT2D eigenvalue weighted by atomic mass is 32.2. The number of rotatable bonds is 3. The summed E-state index contributed by atoms with van der Waals surface area (Å²) in [4.78, 5) is 19.0. The van der Waals surface area contributed by atoms with Crippen LogP contribution in [-0.2, 0) is 9.53 Å². The minimum Gasteiger partial charge on any atom is -0.384 e. The number of nitrogens with two attached hydrogens (primary N) is 1. The van der Waals surface area contributed by atoms with Crippen molar-refractivity contribution in [3.63, 3.8) is 0 Å². The van der Waals surface area contributed by atoms with E-state index >= 15 is 0 Å². The molecule has 0 aliphatic carbocycles. The van der Waals surface area contributed by atoms with Crippen molar-refractivity contribution in [3.8, 4) is 0 Å². The van der Waals surface area contributed by atoms with Gasteiger partial charge in [-0.15, -0.1) is 11.8 Å². The average molecular weight is 281 g/mol. The van der Waals surface area contributed by atoms with Crippen molar-refractivity contribution in [2.75, 3.05) is 24.6 Å². The van der Waals surface area contributed by atoms with E-state index in [1.165, 1.54) is 11.8 Å². The number of nitrogen functional groups attached to an aromatic ring is 1. The molecule has 0 aromatic carbocycles. The summed E-state index contributed by atoms with van der Waals surface area (Å²) in [5.41, 5.74) is 5.52. The first-order valence-corrected chi connectivity index (χ1v) is 7.30. The normalized spacial score (nSPS) is 23.4. The van der Waals surface area contributed by atoms with Crippen molar-refractivity contribution in [1.29, 1.82) is 0 Å². The third kappa shape index (κ3) is 4.11. The maximum absolute atomic E-state index is 12.1. The fourth-order valence-electron chi connectivity index (χ4n) is 2.10. The molecular formula is C13H19N3O2S. The molecule has 1 saturated heterocycles. The zero-order valence-electron chi connectivity index (χ0n) is 11.2. The van der Waals surface area contributed by atoms with Crippen molar-refractivity contribution in [3.05, 3.63) is 18.3 Å². The number of anilines is 1. The molecule has 1 aromatic rings. The van der Waals surface area contributed by atoms with E-state index in [-0.39, 0.29) is 18.1 Å². The summed E-state index contributed by atoms with van der Waals surface area (Å²) >= 11 is 1.48. The predicted octanol–water partition coefficient (Wildman–Crippen LogP) is 1.39. The number of carbonyl (C=O) groups excluding carboxylic acids is 1. The van der Waals surface area contributed by atoms with Gasteiger partial charge < -0.3 is 15.4 Å². The Hall–Kier alpha value is -1.27. The van der Waals surface area contributed by atoms with Crippen molar-refractivity contribution in [2.45, 2.75) is 31.0 Å². The van der Waals surface area contributed by atoms with Crippen LogP contribution < -0.4 is 5.73 Å². The molecule has 0 bridgehead atoms. The number of aromatic nitrogens is 1. The molecule has 104 valence electrons. The van der Waals surface area contributed by atoms with Gasteiger partial charge in [0.2, 0.25) is 5.91 Å². The van der Waals surface area contributed by atoms with Crippen LogP contribution in [0.3, 0.4) is 0 Å². The molecule has 2 heterocycles. The zero-order chi connectivity index (χ0) is 13.8. The number of amides is 1. The molecule has 0 spiro atoms. The minimum atomic E-state index is 0.107. The summed E-state index contributed by atoms with van der Waals surface area (Å²) in [5, 5.41) is 0. The Kier molecular flexibility index (Phi) is 4.66. The number of ether oxygens (including phenoxy) is 1. The number of pyridine rings is 1. The SMILES string of the molecule is CC1CN(C(=O)CSc2ccc(N)nc2)CC(C)O1. The zero-order valence-corrected chi connectivity index (χ0v) is 12.0. The topological polar surface area (TPSA) is 68.5 Å². The van der Waals surface area contributed by atoms with E-state index in [9.17, 15) is 4.79 Å². The molecule has 1 fully saturated rings. The van der Waals surface area contributed by atoms with Gasteiger partial charge in [0, 0.05) is 24.2 Å². The minimum absolute atomic E-state index is 0.107. The number of morpholine rings is 1. The molecule has 19 heavy (non-hydrogen) atoms. The molecule has 2 atom stereocenters. The third-order valence-corrected chi connectivity index (χ3v) is 3.86. The first-order chi connectivity index (χ1) is 9.04. The summed E-state index contributed by atoms with van der Waals surface area (Å²) < 4.78 is 5.62. The number of nitrogens with zero attached hydrogens (tertiary/aromatic N) is 2. The van der Waals surface area contributed by atoms with Crippen LogP contribution in [0.25, 0.3) is 0 Å². The molecule has 5 nitrogen and oxygen atoms in total. The second-order valence-corrected chi connectivity index (χ2v) is 5.81. The molecule has 0 saturated carbocycles. The fourth-order valence-corrected chi connectivity index (χ4v) is 2.86. The van der Waals surface area contributed by atoms with Crippen LogP contribution >= 0.6 is 11.8 Å². The highest BCUT2D eigenvalue weighted by Gasteiger charge is 2.25. The third-order valence-electron chi connectivity index (χ3n) is 2.89. The summed E-state index contributed by atoms with van der Waals surface area (Å²) in [5.74, 6) is 1.06. The Labute approximate surface area is 117 Å². The summed E-state index contributed by atoms with van der Waals surface area (Å²) in [7, 11) is 0. The standard InChI is InChI=1S/C13H19N3O2S/c1-9-6-16(7-10(2)18-9)13(17)8-19-11-3-4-12(14)15-5-11/h3-5,9-10H,6-8H2,1-2H3,(H2,14,15). The van der Waals surface area contributed by atoms with E-state index < -0.39 is 0 Å². The summed E-state index contributed by atoms with van der Waals surface area (Å²) in [6.07, 6.45) is 1.91. The molecule has 1 aliphatic heterocycles. The Morgan fingerprint density at radius 3 is 2.74 bits per heavy atom. The maximum Gasteiger partial charge on any atom is 0.233 e. The molecule has 2 unspecified atom stereocenters. The smallest absolute Gasteiger partial charge is 0.233 e. The number of thioether (sulfide) groups is 1. The first kappa shape index (κ1) is 14.1. The van der Waals surface area contributed by atoms with E-state index in [4.69, 9.17) is 10.5 Å². The molecule has 2 rings (SSSR count). The monoisotopic (exact) mass is 281 g/mol. The van der Waals surface area contributed by atoms with Crippen molar-refractivity contribution >= 4 is 23.5 Å². The van der Waals surface area contributed by atoms with Gasteiger partial charge in [-0.3, -0.25) is 4.79 Å². The van der Waals surface area contributed by atoms with Crippen LogP contribution in [0.5, 0.6) is 0 Å². The maximum atomic E-state index is 12.1. The van der Waals surface area contributed by atoms with Gasteiger partial charge in [0.15, 0.2) is 0 Å². The summed E-state index contributed by atoms with van der Waals surface area (Å²) in [6, 6.07) is 3.62. The molecule has 1 amide bonds. The largest absolute Gasteiger partial charge is 0.384 e. The first-order valence-electron chi connectivity index (χ1n) is 6.32. The quantitative estimate of drug-likeness (QED) is 0.848. The predicted molar refractivity (Wildman–Crippen MR) is 76.0 cm³/mol. The van der Waals surface area contributed by atoms with Gasteiger partial charge in [-0.05, 0) is 26.0 Å². The fraction of sp³-hybridized carbons (Fsp3) is 0.538. The van der Waals surface area contributed by atoms with Gasteiger partial charge in [0.25, 0.3) is 0 Å². The molecule has 1 aromatic heterocycles. The Balaban J connectivity index is 1.85. The molecule has 2 N–H and O–H groups in total. The number of hydrogen-bond acceptors (Lipinski definition) is 5. The van der Waals surface area contributed by atoms with Crippen molar-refractivity contribution < 1.29 is 9.53 Å². The highest BCUT2D eigenvalue weighted by molar-refractivity contribution is 8.00. The second-order valence-electron chi connectivity index (χ2n) is 4.76. The number of carbonyl (C=O) groups is 1. The van der Waals surface area contributed by atoms with Crippen LogP contribution in [0.2, 0.25) is 0 Å². The van der Waals surface area contributed by atoms with Gasteiger partial charge in [-0.25, -0.2) is 4.98 Å². The summed E-state index contributed by atoms with van der Waals surface area (Å²) in [6.45, 7) is 5.33. The average Bonchev–Trinajstić information content (AvgIpc) is 2.36. The lowest BCUT2D eigenvalue weighted by Gasteiger charge is -2.35. The van der Waals surface area contributed by atoms with Gasteiger partial charge in [-0.1, -0.05) is 0 Å². The van der Waals surface area contributed by atoms with Crippen molar-refractivity contribution in [1.82, 2.24) is 9.88 Å². The van der Waals surface area contributed by atoms with Crippen LogP contribution in [0.1, 0.15) is 13.8 Å². The van der Waals surface area contributed by atoms with Crippen LogP contribution in [-0.4, -0.2) is 46.8 Å². The number of hydrogen-bond donors (Lipinski definition) is 1. The van der Waals surface area contributed by atoms with Crippen LogP contribution in [0.4, 0.5) is 5.82 Å². The van der Waals surface area contributed by atoms with Gasteiger partial charge in [0.1, 0.15) is 5.82 Å². The molecule has 6 heteroatoms. The van der Waals surface area contributed by atoms with E-state index in [1.807, 2.05) is 24.8 Å². The lowest BCUT2D eigenvalue weighted by Crippen LogP contribution is -2.48. The van der Waals surface area contributed by atoms with E-state index in [1.54, 1.807) is 12.3 Å². The van der Waals surface area contributed by atoms with Gasteiger partial charge in [-0.2, -0.15) is 0 Å². The Morgan fingerprint density at radius 1 is 1.47 bits per heavy atom. The Morgan fingerprint density at radius 2 is 2.16 bits per heavy atom. The lowest BCUT2D eigenvalue weighted by molar-refractivity contribution is -0.140. The molecular weight excluding hydrogens is 262 g/mol. The Bertz CT molecular complexity index is 428. The molecule has 1 aliphatic rings. The van der Waals surface area contributed by atoms with Gasteiger partial charge >= 0.3 is 0 Å². The van der Waals surface area contributed by atoms with Crippen LogP contribution in [0.15, 0.2) is 23.2 Å². The van der Waals surface area contributed by atoms with Gasteiger partial charge in [0.05, 0.1) is 18.0 Å². The van der Waals surface area contributed by atoms with Crippen molar-refractivity contribution in [2.24, 2.45) is 0 Å². The van der Waals surface area contributed by atoms with E-state index in [2.05, 4.69) is 4.98 Å². The van der Waals surface area contributed by atoms with Crippen LogP contribution in [0, 0.1) is 0 Å². The van der Waals surface area contributed by atoms with E-state index in [0.717, 1.165) is 4.90 Å². The highest BCUT2D eigenvalue weighted by Crippen LogP contribution is 2.19. The molecule has 0 radical (unpaired) electrons. The van der Waals surface area contributed by atoms with E-state index in [0.29, 0.717) is 24.7 Å². The lowest BCUT2D eigenvalue weighted by atomic mass is 10.2. The second kappa shape index (κ2) is 6.25.